The molecule has 0 aromatic heterocycles. The van der Waals surface area contributed by atoms with Gasteiger partial charge >= 0.3 is 0 Å². The van der Waals surface area contributed by atoms with Crippen LogP contribution in [-0.2, 0) is 9.53 Å². The van der Waals surface area contributed by atoms with E-state index in [1.807, 2.05) is 6.92 Å². The molecule has 3 nitrogen and oxygen atoms in total. The molecule has 2 aliphatic carbocycles. The number of carbonyl (C=O) groups is 1. The van der Waals surface area contributed by atoms with E-state index in [2.05, 4.69) is 26.0 Å². The molecule has 1 aliphatic heterocycles. The van der Waals surface area contributed by atoms with E-state index < -0.39 is 11.9 Å². The van der Waals surface area contributed by atoms with Gasteiger partial charge in [0.1, 0.15) is 5.78 Å². The van der Waals surface area contributed by atoms with Crippen LogP contribution in [0, 0.1) is 23.2 Å². The molecule has 3 rings (SSSR count). The molecular formula is C15H22O3. The second kappa shape index (κ2) is 3.67. The molecule has 3 aliphatic rings. The Morgan fingerprint density at radius 3 is 2.89 bits per heavy atom. The number of hydrogen-bond acceptors (Lipinski definition) is 3. The van der Waals surface area contributed by atoms with Crippen LogP contribution in [0.25, 0.3) is 0 Å². The maximum atomic E-state index is 12.4. The number of Topliss-reactive ketones (excluding diaryl/α,β-unsaturated/α-hetero) is 1. The Morgan fingerprint density at radius 1 is 1.44 bits per heavy atom. The molecule has 0 radical (unpaired) electrons. The molecule has 2 bridgehead atoms. The van der Waals surface area contributed by atoms with E-state index >= 15 is 0 Å². The summed E-state index contributed by atoms with van der Waals surface area (Å²) in [4.78, 5) is 12.4. The van der Waals surface area contributed by atoms with Gasteiger partial charge in [-0.2, -0.15) is 0 Å². The van der Waals surface area contributed by atoms with Crippen molar-refractivity contribution in [2.45, 2.75) is 51.9 Å². The Hall–Kier alpha value is -0.670. The van der Waals surface area contributed by atoms with Crippen molar-refractivity contribution in [2.24, 2.45) is 23.2 Å². The highest BCUT2D eigenvalue weighted by molar-refractivity contribution is 5.84. The lowest BCUT2D eigenvalue weighted by atomic mass is 9.47. The molecule has 2 fully saturated rings. The minimum absolute atomic E-state index is 0.0741. The summed E-state index contributed by atoms with van der Waals surface area (Å²) >= 11 is 0. The van der Waals surface area contributed by atoms with Crippen molar-refractivity contribution in [3.63, 3.8) is 0 Å². The van der Waals surface area contributed by atoms with Crippen LogP contribution in [0.2, 0.25) is 0 Å². The Labute approximate surface area is 108 Å². The first-order valence-corrected chi connectivity index (χ1v) is 6.99. The SMILES string of the molecule is C[C@@H]1[C@@H](O)O[C@@]23C=CC[C@H](C)[C@@]2(C)[C@H]1C(=O)CC3. The van der Waals surface area contributed by atoms with Crippen molar-refractivity contribution in [3.05, 3.63) is 12.2 Å². The molecule has 0 spiro atoms. The monoisotopic (exact) mass is 250 g/mol. The first kappa shape index (κ1) is 12.4. The number of carbonyl (C=O) groups excluding carboxylic acids is 1. The van der Waals surface area contributed by atoms with Gasteiger partial charge in [0.05, 0.1) is 5.60 Å². The van der Waals surface area contributed by atoms with Gasteiger partial charge in [-0.25, -0.2) is 0 Å². The molecule has 3 heteroatoms. The van der Waals surface area contributed by atoms with Crippen molar-refractivity contribution in [1.29, 1.82) is 0 Å². The third-order valence-corrected chi connectivity index (χ3v) is 5.85. The van der Waals surface area contributed by atoms with Crippen molar-refractivity contribution in [3.8, 4) is 0 Å². The highest BCUT2D eigenvalue weighted by Gasteiger charge is 2.66. The zero-order valence-corrected chi connectivity index (χ0v) is 11.3. The summed E-state index contributed by atoms with van der Waals surface area (Å²) in [5.41, 5.74) is -0.606. The lowest BCUT2D eigenvalue weighted by Gasteiger charge is -2.63. The Morgan fingerprint density at radius 2 is 2.17 bits per heavy atom. The van der Waals surface area contributed by atoms with Gasteiger partial charge in [-0.15, -0.1) is 0 Å². The smallest absolute Gasteiger partial charge is 0.159 e. The molecule has 0 unspecified atom stereocenters. The third kappa shape index (κ3) is 1.24. The van der Waals surface area contributed by atoms with E-state index in [1.54, 1.807) is 0 Å². The van der Waals surface area contributed by atoms with E-state index in [9.17, 15) is 9.90 Å². The van der Waals surface area contributed by atoms with Crippen LogP contribution in [-0.4, -0.2) is 22.8 Å². The molecule has 1 saturated carbocycles. The maximum absolute atomic E-state index is 12.4. The first-order chi connectivity index (χ1) is 8.42. The standard InChI is InChI=1S/C15H22O3/c1-9-5-4-7-15-8-6-11(16)12(14(9,15)3)10(2)13(17)18-15/h4,7,9-10,12-13,17H,5-6,8H2,1-3H3/t9-,10-,12+,13-,14-,15+/m0/s1. The van der Waals surface area contributed by atoms with Crippen LogP contribution < -0.4 is 0 Å². The van der Waals surface area contributed by atoms with Crippen molar-refractivity contribution < 1.29 is 14.6 Å². The van der Waals surface area contributed by atoms with Crippen LogP contribution in [0.15, 0.2) is 12.2 Å². The predicted octanol–water partition coefficient (Wildman–Crippen LogP) is 2.29. The molecule has 1 heterocycles. The average Bonchev–Trinajstić information content (AvgIpc) is 2.31. The van der Waals surface area contributed by atoms with Gasteiger partial charge in [0.25, 0.3) is 0 Å². The fourth-order valence-electron chi connectivity index (χ4n) is 4.58. The van der Waals surface area contributed by atoms with Crippen LogP contribution in [0.1, 0.15) is 40.0 Å². The lowest BCUT2D eigenvalue weighted by molar-refractivity contribution is -0.306. The van der Waals surface area contributed by atoms with Crippen molar-refractivity contribution in [2.75, 3.05) is 0 Å². The van der Waals surface area contributed by atoms with Crippen molar-refractivity contribution >= 4 is 5.78 Å². The lowest BCUT2D eigenvalue weighted by Crippen LogP contribution is -2.68. The summed E-state index contributed by atoms with van der Waals surface area (Å²) in [6, 6.07) is 0. The minimum Gasteiger partial charge on any atom is -0.368 e. The van der Waals surface area contributed by atoms with E-state index in [0.717, 1.165) is 6.42 Å². The largest absolute Gasteiger partial charge is 0.368 e. The molecule has 100 valence electrons. The number of aliphatic hydroxyl groups excluding tert-OH is 1. The predicted molar refractivity (Wildman–Crippen MR) is 67.7 cm³/mol. The Balaban J connectivity index is 2.17. The van der Waals surface area contributed by atoms with Crippen LogP contribution in [0.5, 0.6) is 0 Å². The summed E-state index contributed by atoms with van der Waals surface area (Å²) in [5, 5.41) is 10.1. The van der Waals surface area contributed by atoms with Crippen LogP contribution in [0.3, 0.4) is 0 Å². The number of hydrogen-bond donors (Lipinski definition) is 1. The average molecular weight is 250 g/mol. The molecule has 1 N–H and O–H groups in total. The van der Waals surface area contributed by atoms with E-state index in [4.69, 9.17) is 4.74 Å². The van der Waals surface area contributed by atoms with Gasteiger partial charge in [0, 0.05) is 23.7 Å². The maximum Gasteiger partial charge on any atom is 0.159 e. The van der Waals surface area contributed by atoms with Gasteiger partial charge in [-0.05, 0) is 18.8 Å². The molecule has 0 aromatic rings. The second-order valence-corrected chi connectivity index (χ2v) is 6.52. The molecule has 1 saturated heterocycles. The van der Waals surface area contributed by atoms with Crippen molar-refractivity contribution in [1.82, 2.24) is 0 Å². The minimum atomic E-state index is -0.817. The van der Waals surface area contributed by atoms with E-state index in [0.29, 0.717) is 24.5 Å². The topological polar surface area (TPSA) is 46.5 Å². The normalized spacial score (nSPS) is 55.2. The summed E-state index contributed by atoms with van der Waals surface area (Å²) in [6.07, 6.45) is 5.73. The fourth-order valence-corrected chi connectivity index (χ4v) is 4.58. The third-order valence-electron chi connectivity index (χ3n) is 5.85. The number of ether oxygens (including phenoxy) is 1. The summed E-state index contributed by atoms with van der Waals surface area (Å²) in [7, 11) is 0. The second-order valence-electron chi connectivity index (χ2n) is 6.52. The number of ketones is 1. The fraction of sp³-hybridized carbons (Fsp3) is 0.800. The molecule has 0 amide bonds. The summed E-state index contributed by atoms with van der Waals surface area (Å²) in [6.45, 7) is 6.33. The summed E-state index contributed by atoms with van der Waals surface area (Å²) in [5.74, 6) is 0.539. The number of allylic oxidation sites excluding steroid dienone is 1. The molecule has 6 atom stereocenters. The highest BCUT2D eigenvalue weighted by Crippen LogP contribution is 2.62. The molecule has 18 heavy (non-hydrogen) atoms. The number of rotatable bonds is 0. The van der Waals surface area contributed by atoms with Gasteiger partial charge in [-0.1, -0.05) is 32.9 Å². The van der Waals surface area contributed by atoms with Crippen LogP contribution >= 0.6 is 0 Å². The highest BCUT2D eigenvalue weighted by atomic mass is 16.6. The van der Waals surface area contributed by atoms with Crippen LogP contribution in [0.4, 0.5) is 0 Å². The number of aliphatic hydroxyl groups is 1. The zero-order chi connectivity index (χ0) is 13.1. The van der Waals surface area contributed by atoms with Gasteiger partial charge in [0.2, 0.25) is 0 Å². The van der Waals surface area contributed by atoms with E-state index in [-0.39, 0.29) is 17.3 Å². The van der Waals surface area contributed by atoms with E-state index in [1.165, 1.54) is 0 Å². The first-order valence-electron chi connectivity index (χ1n) is 6.99. The summed E-state index contributed by atoms with van der Waals surface area (Å²) < 4.78 is 6.00. The van der Waals surface area contributed by atoms with Gasteiger partial charge in [0.15, 0.2) is 6.29 Å². The quantitative estimate of drug-likeness (QED) is 0.671. The van der Waals surface area contributed by atoms with Gasteiger partial charge < -0.3 is 9.84 Å². The zero-order valence-electron chi connectivity index (χ0n) is 11.3. The Bertz CT molecular complexity index is 416. The Kier molecular flexibility index (Phi) is 2.52. The molecule has 0 aromatic carbocycles. The molecular weight excluding hydrogens is 228 g/mol. The van der Waals surface area contributed by atoms with Gasteiger partial charge in [-0.3, -0.25) is 4.79 Å².